The lowest BCUT2D eigenvalue weighted by atomic mass is 10.0. The number of benzene rings is 2. The van der Waals surface area contributed by atoms with E-state index in [1.54, 1.807) is 11.8 Å². The number of aromatic nitrogens is 2. The Bertz CT molecular complexity index is 1230. The van der Waals surface area contributed by atoms with Crippen LogP contribution in [0.15, 0.2) is 48.8 Å². The molecule has 0 bridgehead atoms. The van der Waals surface area contributed by atoms with Crippen molar-refractivity contribution >= 4 is 11.6 Å². The van der Waals surface area contributed by atoms with Crippen LogP contribution < -0.4 is 15.0 Å². The molecule has 3 heterocycles. The zero-order valence-corrected chi connectivity index (χ0v) is 21.5. The summed E-state index contributed by atoms with van der Waals surface area (Å²) in [7, 11) is 3.55. The smallest absolute Gasteiger partial charge is 0.252 e. The number of amides is 1. The van der Waals surface area contributed by atoms with Crippen LogP contribution >= 0.6 is 0 Å². The van der Waals surface area contributed by atoms with E-state index in [1.165, 1.54) is 0 Å². The second-order valence-corrected chi connectivity index (χ2v) is 9.81. The van der Waals surface area contributed by atoms with Gasteiger partial charge < -0.3 is 19.7 Å². The summed E-state index contributed by atoms with van der Waals surface area (Å²) in [6, 6.07) is 12.6. The molecule has 3 aromatic rings. The Morgan fingerprint density at radius 3 is 2.53 bits per heavy atom. The Morgan fingerprint density at radius 2 is 1.89 bits per heavy atom. The van der Waals surface area contributed by atoms with E-state index in [1.807, 2.05) is 57.6 Å². The van der Waals surface area contributed by atoms with Crippen LogP contribution in [-0.2, 0) is 11.8 Å². The van der Waals surface area contributed by atoms with Crippen LogP contribution in [0.25, 0.3) is 11.1 Å². The van der Waals surface area contributed by atoms with Crippen molar-refractivity contribution in [2.45, 2.75) is 25.9 Å². The average Bonchev–Trinajstić information content (AvgIpc) is 3.29. The van der Waals surface area contributed by atoms with E-state index in [9.17, 15) is 4.79 Å². The lowest BCUT2D eigenvalue weighted by Crippen LogP contribution is -2.56. The lowest BCUT2D eigenvalue weighted by Gasteiger charge is -2.43. The van der Waals surface area contributed by atoms with Gasteiger partial charge in [-0.2, -0.15) is 5.10 Å². The number of hydrogen-bond acceptors (Lipinski definition) is 6. The Balaban J connectivity index is 1.30. The van der Waals surface area contributed by atoms with Gasteiger partial charge in [0.05, 0.1) is 38.6 Å². The fraction of sp³-hybridized carbons (Fsp3) is 0.429. The van der Waals surface area contributed by atoms with E-state index in [-0.39, 0.29) is 11.9 Å². The van der Waals surface area contributed by atoms with Crippen molar-refractivity contribution < 1.29 is 14.3 Å². The number of anilines is 1. The summed E-state index contributed by atoms with van der Waals surface area (Å²) in [4.78, 5) is 18.3. The second-order valence-electron chi connectivity index (χ2n) is 9.81. The first-order valence-corrected chi connectivity index (χ1v) is 12.6. The molecule has 5 rings (SSSR count). The van der Waals surface area contributed by atoms with Crippen molar-refractivity contribution in [3.05, 3.63) is 65.5 Å². The van der Waals surface area contributed by atoms with Crippen LogP contribution in [0.5, 0.6) is 5.75 Å². The molecule has 0 saturated carbocycles. The Hall–Kier alpha value is -3.36. The zero-order valence-electron chi connectivity index (χ0n) is 21.5. The fourth-order valence-electron chi connectivity index (χ4n) is 4.92. The first-order chi connectivity index (χ1) is 17.4. The first kappa shape index (κ1) is 24.3. The number of carbonyl (C=O) groups excluding carboxylic acids is 1. The summed E-state index contributed by atoms with van der Waals surface area (Å²) in [6.45, 7) is 9.65. The monoisotopic (exact) mass is 489 g/mol. The van der Waals surface area contributed by atoms with E-state index in [4.69, 9.17) is 9.47 Å². The highest BCUT2D eigenvalue weighted by atomic mass is 16.5. The summed E-state index contributed by atoms with van der Waals surface area (Å²) in [5, 5.41) is 7.48. The third-order valence-corrected chi connectivity index (χ3v) is 7.33. The number of aryl methyl sites for hydroxylation is 2. The van der Waals surface area contributed by atoms with Crippen LogP contribution in [0, 0.1) is 6.92 Å². The number of piperazine rings is 1. The normalized spacial score (nSPS) is 17.5. The number of nitrogens with zero attached hydrogens (tertiary/aromatic N) is 4. The molecule has 2 saturated heterocycles. The number of hydrogen-bond donors (Lipinski definition) is 1. The zero-order chi connectivity index (χ0) is 25.2. The molecule has 2 aromatic carbocycles. The summed E-state index contributed by atoms with van der Waals surface area (Å²) >= 11 is 0. The standard InChI is InChI=1S/C28H35N5O3/c1-19-5-6-24(32-7-9-33(10-8-32)25-17-36-18-25)14-27(19)28(34)30-20(2)21-11-22(13-26(12-21)35-4)23-15-29-31(3)16-23/h5-6,11-16,20,25H,7-10,17-18H2,1-4H3,(H,30,34)/t20-/m1/s1. The van der Waals surface area contributed by atoms with Gasteiger partial charge in [0.25, 0.3) is 5.91 Å². The molecule has 2 fully saturated rings. The maximum Gasteiger partial charge on any atom is 0.252 e. The van der Waals surface area contributed by atoms with Gasteiger partial charge in [-0.3, -0.25) is 14.4 Å². The van der Waals surface area contributed by atoms with E-state index in [0.29, 0.717) is 11.6 Å². The quantitative estimate of drug-likeness (QED) is 0.549. The van der Waals surface area contributed by atoms with Crippen LogP contribution in [-0.4, -0.2) is 73.1 Å². The van der Waals surface area contributed by atoms with Gasteiger partial charge in [0.2, 0.25) is 0 Å². The largest absolute Gasteiger partial charge is 0.497 e. The molecule has 0 radical (unpaired) electrons. The van der Waals surface area contributed by atoms with Crippen LogP contribution in [0.4, 0.5) is 5.69 Å². The molecule has 8 nitrogen and oxygen atoms in total. The average molecular weight is 490 g/mol. The summed E-state index contributed by atoms with van der Waals surface area (Å²) in [6.07, 6.45) is 3.80. The number of nitrogens with one attached hydrogen (secondary N) is 1. The highest BCUT2D eigenvalue weighted by Crippen LogP contribution is 2.29. The van der Waals surface area contributed by atoms with E-state index >= 15 is 0 Å². The summed E-state index contributed by atoms with van der Waals surface area (Å²) in [5.74, 6) is 0.677. The Morgan fingerprint density at radius 1 is 1.11 bits per heavy atom. The van der Waals surface area contributed by atoms with E-state index in [2.05, 4.69) is 32.3 Å². The van der Waals surface area contributed by atoms with E-state index < -0.39 is 0 Å². The molecular weight excluding hydrogens is 454 g/mol. The van der Waals surface area contributed by atoms with Crippen molar-refractivity contribution in [1.29, 1.82) is 0 Å². The van der Waals surface area contributed by atoms with Crippen molar-refractivity contribution in [3.8, 4) is 16.9 Å². The number of ether oxygens (including phenoxy) is 2. The van der Waals surface area contributed by atoms with Crippen LogP contribution in [0.1, 0.15) is 34.5 Å². The summed E-state index contributed by atoms with van der Waals surface area (Å²) in [5.41, 5.74) is 5.77. The third-order valence-electron chi connectivity index (χ3n) is 7.33. The van der Waals surface area contributed by atoms with Crippen molar-refractivity contribution in [2.24, 2.45) is 7.05 Å². The topological polar surface area (TPSA) is 71.9 Å². The summed E-state index contributed by atoms with van der Waals surface area (Å²) < 4.78 is 12.7. The molecule has 2 aliphatic heterocycles. The van der Waals surface area contributed by atoms with Crippen molar-refractivity contribution in [2.75, 3.05) is 51.4 Å². The van der Waals surface area contributed by atoms with Gasteiger partial charge in [0.1, 0.15) is 5.75 Å². The molecule has 1 atom stereocenters. The first-order valence-electron chi connectivity index (χ1n) is 12.6. The molecule has 36 heavy (non-hydrogen) atoms. The minimum atomic E-state index is -0.195. The number of methoxy groups -OCH3 is 1. The Kier molecular flexibility index (Phi) is 6.98. The maximum absolute atomic E-state index is 13.4. The molecule has 0 aliphatic carbocycles. The molecule has 0 unspecified atom stereocenters. The van der Waals surface area contributed by atoms with Gasteiger partial charge in [0, 0.05) is 56.2 Å². The van der Waals surface area contributed by atoms with Crippen LogP contribution in [0.3, 0.4) is 0 Å². The van der Waals surface area contributed by atoms with Gasteiger partial charge in [0.15, 0.2) is 0 Å². The van der Waals surface area contributed by atoms with Crippen molar-refractivity contribution in [3.63, 3.8) is 0 Å². The van der Waals surface area contributed by atoms with Gasteiger partial charge in [-0.25, -0.2) is 0 Å². The highest BCUT2D eigenvalue weighted by Gasteiger charge is 2.29. The number of rotatable bonds is 7. The molecule has 2 aliphatic rings. The minimum absolute atomic E-state index is 0.0714. The number of carbonyl (C=O) groups is 1. The van der Waals surface area contributed by atoms with Gasteiger partial charge in [-0.15, -0.1) is 0 Å². The highest BCUT2D eigenvalue weighted by molar-refractivity contribution is 5.97. The van der Waals surface area contributed by atoms with Gasteiger partial charge in [-0.1, -0.05) is 6.07 Å². The SMILES string of the molecule is COc1cc(-c2cnn(C)c2)cc([C@@H](C)NC(=O)c2cc(N3CCN(C4COC4)CC3)ccc2C)c1. The molecule has 190 valence electrons. The van der Waals surface area contributed by atoms with Crippen molar-refractivity contribution in [1.82, 2.24) is 20.0 Å². The molecular formula is C28H35N5O3. The minimum Gasteiger partial charge on any atom is -0.497 e. The molecule has 0 spiro atoms. The predicted molar refractivity (Wildman–Crippen MR) is 141 cm³/mol. The molecule has 1 N–H and O–H groups in total. The molecule has 1 amide bonds. The fourth-order valence-corrected chi connectivity index (χ4v) is 4.92. The second kappa shape index (κ2) is 10.3. The molecule has 1 aromatic heterocycles. The van der Waals surface area contributed by atoms with E-state index in [0.717, 1.165) is 73.1 Å². The molecule has 8 heteroatoms. The van der Waals surface area contributed by atoms with Gasteiger partial charge in [-0.05, 0) is 60.9 Å². The third kappa shape index (κ3) is 5.10. The predicted octanol–water partition coefficient (Wildman–Crippen LogP) is 3.42. The Labute approximate surface area is 212 Å². The lowest BCUT2D eigenvalue weighted by molar-refractivity contribution is -0.0660. The van der Waals surface area contributed by atoms with Crippen LogP contribution in [0.2, 0.25) is 0 Å². The maximum atomic E-state index is 13.4. The van der Waals surface area contributed by atoms with Gasteiger partial charge >= 0.3 is 0 Å².